The first-order chi connectivity index (χ1) is 27.3. The fourth-order valence-corrected chi connectivity index (χ4v) is 10.9. The second kappa shape index (κ2) is 11.4. The number of hydrogen-bond donors (Lipinski definition) is 0. The Bertz CT molecular complexity index is 2930. The molecule has 3 aliphatic carbocycles. The molecule has 1 spiro atoms. The van der Waals surface area contributed by atoms with Crippen LogP contribution in [0.3, 0.4) is 0 Å². The topological polar surface area (TPSA) is 9.23 Å². The zero-order valence-corrected chi connectivity index (χ0v) is 30.3. The number of fused-ring (bicyclic) bond motifs is 14. The van der Waals surface area contributed by atoms with Gasteiger partial charge in [0.05, 0.1) is 10.8 Å². The molecule has 1 aliphatic heterocycles. The van der Waals surface area contributed by atoms with E-state index in [9.17, 15) is 0 Å². The van der Waals surface area contributed by atoms with Gasteiger partial charge >= 0.3 is 0 Å². The fourth-order valence-electron chi connectivity index (χ4n) is 10.9. The standard InChI is InChI=1S/C54H36O/c1-2-18-37(19-3-1)53(45-26-9-8-24-43(45)44-33-32-35-16-4-5-21-39(35)51(44)53)38-20-14-17-36(34-38)40-25-15-31-50-52(40)54(48-29-12-13-30-49(48)55-50)46-27-10-6-22-41(46)42-23-7-11-28-47(42)54/h1-2,4-18,20-34H,3,19H2. The molecule has 0 N–H and O–H groups in total. The van der Waals surface area contributed by atoms with Crippen LogP contribution in [0.2, 0.25) is 0 Å². The average molecular weight is 701 g/mol. The van der Waals surface area contributed by atoms with Gasteiger partial charge in [0.25, 0.3) is 0 Å². The van der Waals surface area contributed by atoms with E-state index in [1.165, 1.54) is 88.7 Å². The van der Waals surface area contributed by atoms with Crippen LogP contribution < -0.4 is 4.74 Å². The van der Waals surface area contributed by atoms with Gasteiger partial charge in [-0.1, -0.05) is 182 Å². The third-order valence-corrected chi connectivity index (χ3v) is 12.9. The summed E-state index contributed by atoms with van der Waals surface area (Å²) in [6.45, 7) is 0. The van der Waals surface area contributed by atoms with Crippen molar-refractivity contribution in [1.82, 2.24) is 0 Å². The Hall–Kier alpha value is -6.70. The summed E-state index contributed by atoms with van der Waals surface area (Å²) < 4.78 is 6.93. The average Bonchev–Trinajstić information content (AvgIpc) is 3.73. The molecular formula is C54H36O. The number of rotatable bonds is 3. The smallest absolute Gasteiger partial charge is 0.132 e. The number of hydrogen-bond acceptors (Lipinski definition) is 1. The van der Waals surface area contributed by atoms with Crippen LogP contribution in [-0.2, 0) is 10.8 Å². The van der Waals surface area contributed by atoms with E-state index in [1.807, 2.05) is 0 Å². The van der Waals surface area contributed by atoms with Crippen LogP contribution in [0.1, 0.15) is 51.8 Å². The van der Waals surface area contributed by atoms with Gasteiger partial charge in [-0.05, 0) is 103 Å². The maximum Gasteiger partial charge on any atom is 0.132 e. The summed E-state index contributed by atoms with van der Waals surface area (Å²) >= 11 is 0. The third kappa shape index (κ3) is 3.92. The second-order valence-electron chi connectivity index (χ2n) is 15.4. The van der Waals surface area contributed by atoms with Gasteiger partial charge in [0.15, 0.2) is 0 Å². The van der Waals surface area contributed by atoms with Gasteiger partial charge in [0.1, 0.15) is 11.5 Å². The van der Waals surface area contributed by atoms with Gasteiger partial charge < -0.3 is 4.74 Å². The van der Waals surface area contributed by atoms with E-state index in [-0.39, 0.29) is 0 Å². The number of allylic oxidation sites excluding steroid dienone is 4. The molecule has 1 atom stereocenters. The predicted octanol–water partition coefficient (Wildman–Crippen LogP) is 13.6. The lowest BCUT2D eigenvalue weighted by atomic mass is 9.63. The molecule has 8 aromatic carbocycles. The Labute approximate surface area is 321 Å². The van der Waals surface area contributed by atoms with Crippen LogP contribution >= 0.6 is 0 Å². The van der Waals surface area contributed by atoms with Crippen LogP contribution in [0.15, 0.2) is 200 Å². The molecular weight excluding hydrogens is 665 g/mol. The molecule has 0 radical (unpaired) electrons. The number of benzene rings is 8. The van der Waals surface area contributed by atoms with E-state index < -0.39 is 10.8 Å². The van der Waals surface area contributed by atoms with Gasteiger partial charge in [0.2, 0.25) is 0 Å². The minimum atomic E-state index is -0.554. The van der Waals surface area contributed by atoms with Gasteiger partial charge in [-0.2, -0.15) is 0 Å². The summed E-state index contributed by atoms with van der Waals surface area (Å²) in [4.78, 5) is 0. The highest BCUT2D eigenvalue weighted by Gasteiger charge is 2.53. The molecule has 8 aromatic rings. The SMILES string of the molecule is C1=CCCC(C2(c3cccc(-c4cccc5c4C4(c6ccccc6O5)c5ccccc5-c5ccccc54)c3)c3ccccc3-c3ccc4ccccc4c32)=C1. The van der Waals surface area contributed by atoms with Gasteiger partial charge in [-0.25, -0.2) is 0 Å². The zero-order chi connectivity index (χ0) is 36.1. The summed E-state index contributed by atoms with van der Waals surface area (Å²) in [5.74, 6) is 1.82. The highest BCUT2D eigenvalue weighted by atomic mass is 16.5. The molecule has 0 saturated heterocycles. The van der Waals surface area contributed by atoms with Crippen molar-refractivity contribution in [2.24, 2.45) is 0 Å². The van der Waals surface area contributed by atoms with Crippen LogP contribution in [0, 0.1) is 0 Å². The Morgan fingerprint density at radius 2 is 1.05 bits per heavy atom. The van der Waals surface area contributed by atoms with Crippen molar-refractivity contribution >= 4 is 10.8 Å². The minimum absolute atomic E-state index is 0.463. The van der Waals surface area contributed by atoms with Crippen molar-refractivity contribution in [1.29, 1.82) is 0 Å². The molecule has 258 valence electrons. The lowest BCUT2D eigenvalue weighted by Crippen LogP contribution is -2.33. The van der Waals surface area contributed by atoms with Gasteiger partial charge in [-0.3, -0.25) is 0 Å². The van der Waals surface area contributed by atoms with E-state index in [4.69, 9.17) is 4.74 Å². The molecule has 1 nitrogen and oxygen atoms in total. The molecule has 1 heterocycles. The quantitative estimate of drug-likeness (QED) is 0.178. The summed E-state index contributed by atoms with van der Waals surface area (Å²) in [6, 6.07) is 65.6. The number of ether oxygens (including phenoxy) is 1. The molecule has 4 aliphatic rings. The van der Waals surface area contributed by atoms with E-state index in [0.717, 1.165) is 24.3 Å². The summed E-state index contributed by atoms with van der Waals surface area (Å²) in [5.41, 5.74) is 17.1. The van der Waals surface area contributed by atoms with Crippen LogP contribution in [-0.4, -0.2) is 0 Å². The third-order valence-electron chi connectivity index (χ3n) is 12.9. The van der Waals surface area contributed by atoms with Crippen molar-refractivity contribution in [3.05, 3.63) is 239 Å². The largest absolute Gasteiger partial charge is 0.457 e. The summed E-state index contributed by atoms with van der Waals surface area (Å²) in [5, 5.41) is 2.59. The molecule has 0 amide bonds. The first kappa shape index (κ1) is 30.7. The lowest BCUT2D eigenvalue weighted by molar-refractivity contribution is 0.437. The molecule has 12 rings (SSSR count). The van der Waals surface area contributed by atoms with Crippen molar-refractivity contribution < 1.29 is 4.74 Å². The molecule has 1 heteroatoms. The summed E-state index contributed by atoms with van der Waals surface area (Å²) in [6.07, 6.45) is 9.01. The maximum atomic E-state index is 6.93. The van der Waals surface area contributed by atoms with Crippen molar-refractivity contribution in [2.75, 3.05) is 0 Å². The van der Waals surface area contributed by atoms with Crippen molar-refractivity contribution in [3.63, 3.8) is 0 Å². The maximum absolute atomic E-state index is 6.93. The van der Waals surface area contributed by atoms with E-state index in [0.29, 0.717) is 0 Å². The Morgan fingerprint density at radius 1 is 0.436 bits per heavy atom. The molecule has 1 unspecified atom stereocenters. The molecule has 0 aromatic heterocycles. The van der Waals surface area contributed by atoms with Gasteiger partial charge in [-0.15, -0.1) is 0 Å². The number of para-hydroxylation sites is 1. The van der Waals surface area contributed by atoms with E-state index in [2.05, 4.69) is 194 Å². The van der Waals surface area contributed by atoms with Crippen LogP contribution in [0.25, 0.3) is 44.2 Å². The van der Waals surface area contributed by atoms with Crippen LogP contribution in [0.4, 0.5) is 0 Å². The van der Waals surface area contributed by atoms with E-state index >= 15 is 0 Å². The first-order valence-electron chi connectivity index (χ1n) is 19.5. The van der Waals surface area contributed by atoms with Gasteiger partial charge in [0, 0.05) is 11.1 Å². The molecule has 0 saturated carbocycles. The minimum Gasteiger partial charge on any atom is -0.457 e. The lowest BCUT2D eigenvalue weighted by Gasteiger charge is -2.41. The molecule has 55 heavy (non-hydrogen) atoms. The molecule has 0 bridgehead atoms. The monoisotopic (exact) mass is 700 g/mol. The second-order valence-corrected chi connectivity index (χ2v) is 15.4. The highest BCUT2D eigenvalue weighted by Crippen LogP contribution is 2.64. The Kier molecular flexibility index (Phi) is 6.37. The van der Waals surface area contributed by atoms with E-state index in [1.54, 1.807) is 0 Å². The highest BCUT2D eigenvalue weighted by molar-refractivity contribution is 6.00. The Morgan fingerprint density at radius 3 is 1.82 bits per heavy atom. The first-order valence-corrected chi connectivity index (χ1v) is 19.5. The Balaban J connectivity index is 1.18. The normalized spacial score (nSPS) is 17.7. The predicted molar refractivity (Wildman–Crippen MR) is 225 cm³/mol. The fraction of sp³-hybridized carbons (Fsp3) is 0.0741. The molecule has 0 fully saturated rings. The van der Waals surface area contributed by atoms with Crippen LogP contribution in [0.5, 0.6) is 11.5 Å². The van der Waals surface area contributed by atoms with Crippen molar-refractivity contribution in [3.8, 4) is 44.9 Å². The van der Waals surface area contributed by atoms with Crippen molar-refractivity contribution in [2.45, 2.75) is 23.7 Å². The summed E-state index contributed by atoms with van der Waals surface area (Å²) in [7, 11) is 0. The zero-order valence-electron chi connectivity index (χ0n) is 30.3.